The number of hydrogen-bond donors (Lipinski definition) is 1. The van der Waals surface area contributed by atoms with Gasteiger partial charge < -0.3 is 5.73 Å². The van der Waals surface area contributed by atoms with Crippen molar-refractivity contribution in [2.45, 2.75) is 6.85 Å². The molecule has 0 saturated heterocycles. The van der Waals surface area contributed by atoms with E-state index in [1.165, 1.54) is 0 Å². The smallest absolute Gasteiger partial charge is 0.243 e. The predicted molar refractivity (Wildman–Crippen MR) is 24.0 cm³/mol. The molecule has 0 rings (SSSR count). The second-order valence-electron chi connectivity index (χ2n) is 0.739. The molecule has 1 amide bonds. The Balaban J connectivity index is 4.96. The molecule has 0 aromatic rings. The van der Waals surface area contributed by atoms with Crippen LogP contribution in [0.4, 0.5) is 0 Å². The van der Waals surface area contributed by atoms with E-state index in [1.54, 1.807) is 0 Å². The molecule has 0 aromatic carbocycles. The molecular formula is C4H7NO. The summed E-state index contributed by atoms with van der Waals surface area (Å²) in [7, 11) is 0. The van der Waals surface area contributed by atoms with Crippen molar-refractivity contribution in [2.75, 3.05) is 0 Å². The quantitative estimate of drug-likeness (QED) is 0.454. The van der Waals surface area contributed by atoms with Crippen molar-refractivity contribution in [1.82, 2.24) is 0 Å². The Kier molecular flexibility index (Phi) is 0.290. The van der Waals surface area contributed by atoms with Crippen molar-refractivity contribution in [3.63, 3.8) is 0 Å². The lowest BCUT2D eigenvalue weighted by molar-refractivity contribution is -0.114. The van der Waals surface area contributed by atoms with Gasteiger partial charge in [-0.15, -0.1) is 0 Å². The van der Waals surface area contributed by atoms with E-state index in [1.807, 2.05) is 0 Å². The summed E-state index contributed by atoms with van der Waals surface area (Å²) in [5.41, 5.74) is 3.69. The molecule has 0 aliphatic carbocycles. The fourth-order valence-electron chi connectivity index (χ4n) is 0. The van der Waals surface area contributed by atoms with Gasteiger partial charge in [-0.3, -0.25) is 4.79 Å². The minimum atomic E-state index is -2.76. The molecule has 0 radical (unpaired) electrons. The maximum atomic E-state index is 10.4. The molecular weight excluding hydrogens is 78.0 g/mol. The number of rotatable bonds is 1. The van der Waals surface area contributed by atoms with Crippen molar-refractivity contribution in [3.05, 3.63) is 12.1 Å². The Morgan fingerprint density at radius 3 is 3.00 bits per heavy atom. The monoisotopic (exact) mass is 90.1 g/mol. The number of carbonyl (C=O) groups excluding carboxylic acids is 1. The zero-order valence-corrected chi connectivity index (χ0v) is 2.99. The number of carbonyl (C=O) groups is 1. The van der Waals surface area contributed by atoms with E-state index in [9.17, 15) is 4.79 Å². The normalized spacial score (nSPS) is 21.0. The van der Waals surface area contributed by atoms with Crippen molar-refractivity contribution >= 4 is 5.91 Å². The Bertz CT molecular complexity index is 201. The molecule has 2 N–H and O–H groups in total. The van der Waals surface area contributed by atoms with Crippen LogP contribution in [0.1, 0.15) is 13.7 Å². The lowest BCUT2D eigenvalue weighted by Gasteiger charge is -1.81. The summed E-state index contributed by atoms with van der Waals surface area (Å²) in [6, 6.07) is 0. The van der Waals surface area contributed by atoms with E-state index < -0.39 is 24.9 Å². The van der Waals surface area contributed by atoms with Gasteiger partial charge in [-0.1, -0.05) is 6.53 Å². The van der Waals surface area contributed by atoms with Crippen LogP contribution < -0.4 is 5.73 Å². The highest BCUT2D eigenvalue weighted by Crippen LogP contribution is 1.78. The summed E-state index contributed by atoms with van der Waals surface area (Å²) in [5, 5.41) is 0. The molecule has 0 unspecified atom stereocenters. The average Bonchev–Trinajstić information content (AvgIpc) is 1.54. The van der Waals surface area contributed by atoms with Gasteiger partial charge in [-0.05, 0) is 6.85 Å². The molecule has 0 aliphatic heterocycles. The minimum absolute atomic E-state index is 0.933. The van der Waals surface area contributed by atoms with Gasteiger partial charge >= 0.3 is 0 Å². The Hall–Kier alpha value is -0.790. The first-order chi connectivity index (χ1) is 4.76. The van der Waals surface area contributed by atoms with E-state index in [4.69, 9.17) is 6.85 Å². The van der Waals surface area contributed by atoms with Gasteiger partial charge in [0.25, 0.3) is 0 Å². The minimum Gasteiger partial charge on any atom is -0.366 e. The van der Waals surface area contributed by atoms with Gasteiger partial charge in [0.15, 0.2) is 0 Å². The summed E-state index contributed by atoms with van der Waals surface area (Å²) in [6.45, 7) is -3.82. The van der Waals surface area contributed by atoms with Crippen molar-refractivity contribution in [3.8, 4) is 0 Å². The molecule has 0 fully saturated rings. The Morgan fingerprint density at radius 1 is 2.33 bits per heavy atom. The molecule has 0 atom stereocenters. The second-order valence-corrected chi connectivity index (χ2v) is 0.739. The van der Waals surface area contributed by atoms with Gasteiger partial charge in [0.2, 0.25) is 5.91 Å². The zero-order valence-electron chi connectivity index (χ0n) is 7.99. The second kappa shape index (κ2) is 1.60. The number of amides is 1. The van der Waals surface area contributed by atoms with E-state index in [2.05, 4.69) is 5.73 Å². The first-order valence-corrected chi connectivity index (χ1v) is 1.24. The Labute approximate surface area is 43.7 Å². The Morgan fingerprint density at radius 2 is 3.00 bits per heavy atom. The third-order valence-corrected chi connectivity index (χ3v) is 0.246. The van der Waals surface area contributed by atoms with Crippen LogP contribution in [0.15, 0.2) is 12.1 Å². The van der Waals surface area contributed by atoms with E-state index >= 15 is 0 Å². The molecule has 34 valence electrons. The third kappa shape index (κ3) is 1.52. The number of nitrogens with two attached hydrogens (primary N) is 1. The van der Waals surface area contributed by atoms with Crippen LogP contribution in [0, 0.1) is 0 Å². The number of hydrogen-bond acceptors (Lipinski definition) is 1. The van der Waals surface area contributed by atoms with Crippen LogP contribution in [0.3, 0.4) is 0 Å². The van der Waals surface area contributed by atoms with Crippen LogP contribution in [0.2, 0.25) is 0 Å². The highest BCUT2D eigenvalue weighted by atomic mass is 16.1. The van der Waals surface area contributed by atoms with Gasteiger partial charge in [-0.2, -0.15) is 0 Å². The summed E-state index contributed by atoms with van der Waals surface area (Å²) in [5.74, 6) is -1.25. The van der Waals surface area contributed by atoms with Gasteiger partial charge in [0.05, 0.1) is 2.74 Å². The zero-order chi connectivity index (χ0) is 9.23. The van der Waals surface area contributed by atoms with Crippen molar-refractivity contribution < 1.29 is 11.6 Å². The summed E-state index contributed by atoms with van der Waals surface area (Å²) in [4.78, 5) is 10.4. The summed E-state index contributed by atoms with van der Waals surface area (Å²) >= 11 is 0. The first-order valence-electron chi connectivity index (χ1n) is 3.74. The number of primary amides is 1. The summed E-state index contributed by atoms with van der Waals surface area (Å²) in [6.07, 6.45) is 0. The topological polar surface area (TPSA) is 43.1 Å². The summed E-state index contributed by atoms with van der Waals surface area (Å²) < 4.78 is 33.3. The molecule has 0 heterocycles. The standard InChI is InChI=1S/C4H7NO/c1-3(2)4(5)6/h1H2,2H3,(H2,5,6)/i1D2,2D3. The van der Waals surface area contributed by atoms with Gasteiger partial charge in [0.1, 0.15) is 0 Å². The molecule has 0 aromatic heterocycles. The molecule has 0 aliphatic rings. The molecule has 0 spiro atoms. The highest BCUT2D eigenvalue weighted by Gasteiger charge is 1.86. The van der Waals surface area contributed by atoms with E-state index in [-0.39, 0.29) is 0 Å². The fourth-order valence-corrected chi connectivity index (χ4v) is 0. The third-order valence-electron chi connectivity index (χ3n) is 0.246. The molecule has 0 bridgehead atoms. The first kappa shape index (κ1) is 1.09. The van der Waals surface area contributed by atoms with Crippen molar-refractivity contribution in [1.29, 1.82) is 0 Å². The van der Waals surface area contributed by atoms with Crippen LogP contribution >= 0.6 is 0 Å². The van der Waals surface area contributed by atoms with Crippen LogP contribution in [-0.4, -0.2) is 5.91 Å². The molecule has 2 nitrogen and oxygen atoms in total. The van der Waals surface area contributed by atoms with E-state index in [0.717, 1.165) is 0 Å². The van der Waals surface area contributed by atoms with Gasteiger partial charge in [-0.25, -0.2) is 0 Å². The maximum Gasteiger partial charge on any atom is 0.243 e. The molecule has 0 saturated carbocycles. The van der Waals surface area contributed by atoms with Crippen LogP contribution in [-0.2, 0) is 4.79 Å². The van der Waals surface area contributed by atoms with E-state index in [0.29, 0.717) is 0 Å². The van der Waals surface area contributed by atoms with Gasteiger partial charge in [0, 0.05) is 9.69 Å². The van der Waals surface area contributed by atoms with Crippen molar-refractivity contribution in [2.24, 2.45) is 5.73 Å². The van der Waals surface area contributed by atoms with Crippen LogP contribution in [0.5, 0.6) is 0 Å². The lowest BCUT2D eigenvalue weighted by Crippen LogP contribution is -2.10. The maximum absolute atomic E-state index is 10.4. The SMILES string of the molecule is [2H]C([2H])=C(C(N)=O)C([2H])([2H])[2H]. The fraction of sp³-hybridized carbons (Fsp3) is 0.250. The predicted octanol–water partition coefficient (Wildman–Crippen LogP) is 0.0478. The average molecular weight is 90.1 g/mol. The molecule has 6 heavy (non-hydrogen) atoms. The largest absolute Gasteiger partial charge is 0.366 e. The molecule has 2 heteroatoms. The highest BCUT2D eigenvalue weighted by molar-refractivity contribution is 5.90. The van der Waals surface area contributed by atoms with Crippen LogP contribution in [0.25, 0.3) is 0 Å². The lowest BCUT2D eigenvalue weighted by atomic mass is 10.3.